The molecular formula is C25H24N2O2. The highest BCUT2D eigenvalue weighted by atomic mass is 16.4. The second-order valence-electron chi connectivity index (χ2n) is 7.23. The molecular weight excluding hydrogens is 360 g/mol. The van der Waals surface area contributed by atoms with Crippen molar-refractivity contribution in [3.05, 3.63) is 107 Å². The number of hydrogen-bond acceptors (Lipinski definition) is 2. The Morgan fingerprint density at radius 2 is 1.55 bits per heavy atom. The van der Waals surface area contributed by atoms with Gasteiger partial charge in [-0.05, 0) is 24.1 Å². The van der Waals surface area contributed by atoms with E-state index in [1.165, 1.54) is 5.56 Å². The molecule has 4 rings (SSSR count). The van der Waals surface area contributed by atoms with Crippen molar-refractivity contribution in [1.82, 2.24) is 9.88 Å². The average molecular weight is 384 g/mol. The summed E-state index contributed by atoms with van der Waals surface area (Å²) in [5.74, 6) is -0.902. The number of hydrogen-bond donors (Lipinski definition) is 2. The van der Waals surface area contributed by atoms with Crippen LogP contribution in [0.15, 0.2) is 84.9 Å². The van der Waals surface area contributed by atoms with Gasteiger partial charge in [0.1, 0.15) is 5.69 Å². The Labute approximate surface area is 170 Å². The zero-order valence-corrected chi connectivity index (χ0v) is 16.4. The molecule has 146 valence electrons. The highest BCUT2D eigenvalue weighted by Gasteiger charge is 2.22. The van der Waals surface area contributed by atoms with Crippen LogP contribution in [0.4, 0.5) is 0 Å². The molecule has 0 unspecified atom stereocenters. The van der Waals surface area contributed by atoms with Crippen molar-refractivity contribution in [2.24, 2.45) is 0 Å². The van der Waals surface area contributed by atoms with Crippen LogP contribution in [0.2, 0.25) is 0 Å². The highest BCUT2D eigenvalue weighted by Crippen LogP contribution is 2.28. The Bertz CT molecular complexity index is 1120. The molecule has 0 bridgehead atoms. The molecule has 0 aliphatic carbocycles. The number of carboxylic acid groups (broad SMARTS) is 1. The van der Waals surface area contributed by atoms with E-state index in [9.17, 15) is 9.90 Å². The molecule has 0 aliphatic rings. The number of para-hydroxylation sites is 1. The zero-order chi connectivity index (χ0) is 20.2. The van der Waals surface area contributed by atoms with E-state index < -0.39 is 5.97 Å². The molecule has 1 atom stereocenters. The van der Waals surface area contributed by atoms with Gasteiger partial charge in [-0.3, -0.25) is 0 Å². The van der Waals surface area contributed by atoms with Gasteiger partial charge in [-0.2, -0.15) is 0 Å². The van der Waals surface area contributed by atoms with E-state index in [2.05, 4.69) is 24.4 Å². The van der Waals surface area contributed by atoms with Crippen LogP contribution in [0.25, 0.3) is 10.9 Å². The molecule has 1 heterocycles. The molecule has 0 fully saturated rings. The summed E-state index contributed by atoms with van der Waals surface area (Å²) in [5.41, 5.74) is 4.37. The summed E-state index contributed by atoms with van der Waals surface area (Å²) in [6.07, 6.45) is 0. The topological polar surface area (TPSA) is 54.3 Å². The van der Waals surface area contributed by atoms with E-state index in [1.54, 1.807) is 0 Å². The third kappa shape index (κ3) is 3.93. The predicted molar refractivity (Wildman–Crippen MR) is 116 cm³/mol. The number of carbonyl (C=O) groups is 1. The lowest BCUT2D eigenvalue weighted by Gasteiger charge is -2.15. The second kappa shape index (κ2) is 8.33. The monoisotopic (exact) mass is 384 g/mol. The summed E-state index contributed by atoms with van der Waals surface area (Å²) in [4.78, 5) is 12.3. The highest BCUT2D eigenvalue weighted by molar-refractivity contribution is 5.98. The maximum atomic E-state index is 12.3. The summed E-state index contributed by atoms with van der Waals surface area (Å²) in [7, 11) is 0. The third-order valence-corrected chi connectivity index (χ3v) is 5.35. The lowest BCUT2D eigenvalue weighted by Crippen LogP contribution is -2.20. The molecule has 29 heavy (non-hydrogen) atoms. The Morgan fingerprint density at radius 1 is 0.931 bits per heavy atom. The van der Waals surface area contributed by atoms with Crippen LogP contribution in [0, 0.1) is 0 Å². The van der Waals surface area contributed by atoms with Crippen molar-refractivity contribution < 1.29 is 9.90 Å². The maximum absolute atomic E-state index is 12.3. The van der Waals surface area contributed by atoms with Crippen LogP contribution in [-0.4, -0.2) is 15.6 Å². The number of nitrogens with one attached hydrogen (secondary N) is 1. The fraction of sp³-hybridized carbons (Fsp3) is 0.160. The van der Waals surface area contributed by atoms with Crippen LogP contribution >= 0.6 is 0 Å². The molecule has 0 radical (unpaired) electrons. The normalized spacial score (nSPS) is 12.2. The number of benzene rings is 3. The number of fused-ring (bicyclic) bond motifs is 1. The molecule has 4 aromatic rings. The Balaban J connectivity index is 1.73. The molecule has 4 nitrogen and oxygen atoms in total. The van der Waals surface area contributed by atoms with Gasteiger partial charge in [-0.15, -0.1) is 0 Å². The van der Waals surface area contributed by atoms with Crippen molar-refractivity contribution in [2.75, 3.05) is 0 Å². The molecule has 2 N–H and O–H groups in total. The van der Waals surface area contributed by atoms with Crippen molar-refractivity contribution in [3.63, 3.8) is 0 Å². The van der Waals surface area contributed by atoms with E-state index >= 15 is 0 Å². The van der Waals surface area contributed by atoms with Gasteiger partial charge in [-0.25, -0.2) is 4.79 Å². The fourth-order valence-corrected chi connectivity index (χ4v) is 3.84. The molecule has 0 spiro atoms. The van der Waals surface area contributed by atoms with Gasteiger partial charge in [-0.1, -0.05) is 78.9 Å². The van der Waals surface area contributed by atoms with Crippen molar-refractivity contribution in [3.8, 4) is 0 Å². The fourth-order valence-electron chi connectivity index (χ4n) is 3.84. The zero-order valence-electron chi connectivity index (χ0n) is 16.4. The van der Waals surface area contributed by atoms with Gasteiger partial charge in [0.15, 0.2) is 0 Å². The predicted octanol–water partition coefficient (Wildman–Crippen LogP) is 5.24. The Kier molecular flexibility index (Phi) is 5.45. The van der Waals surface area contributed by atoms with E-state index in [1.807, 2.05) is 77.4 Å². The first-order valence-corrected chi connectivity index (χ1v) is 9.81. The minimum absolute atomic E-state index is 0.120. The van der Waals surface area contributed by atoms with Gasteiger partial charge in [0.05, 0.1) is 0 Å². The Morgan fingerprint density at radius 3 is 2.24 bits per heavy atom. The van der Waals surface area contributed by atoms with Crippen LogP contribution in [0.3, 0.4) is 0 Å². The van der Waals surface area contributed by atoms with Crippen molar-refractivity contribution in [2.45, 2.75) is 26.1 Å². The largest absolute Gasteiger partial charge is 0.477 e. The van der Waals surface area contributed by atoms with Gasteiger partial charge in [0.2, 0.25) is 0 Å². The van der Waals surface area contributed by atoms with Crippen LogP contribution in [0.5, 0.6) is 0 Å². The quantitative estimate of drug-likeness (QED) is 0.458. The van der Waals surface area contributed by atoms with Gasteiger partial charge in [0.25, 0.3) is 0 Å². The van der Waals surface area contributed by atoms with E-state index in [0.29, 0.717) is 18.8 Å². The van der Waals surface area contributed by atoms with Crippen LogP contribution in [0.1, 0.15) is 40.1 Å². The lowest BCUT2D eigenvalue weighted by molar-refractivity contribution is 0.0684. The standard InChI is InChI=1S/C25H24N2O2/c1-18(20-12-6-3-7-13-20)26-16-22-21-14-8-9-15-23(21)27(24(22)25(28)29)17-19-10-4-2-5-11-19/h2-15,18,26H,16-17H2,1H3,(H,28,29)/t18-/m0/s1. The first-order chi connectivity index (χ1) is 14.1. The second-order valence-corrected chi connectivity index (χ2v) is 7.23. The molecule has 0 aliphatic heterocycles. The first-order valence-electron chi connectivity index (χ1n) is 9.81. The molecule has 0 saturated carbocycles. The number of aromatic nitrogens is 1. The summed E-state index contributed by atoms with van der Waals surface area (Å²) in [6.45, 7) is 3.11. The lowest BCUT2D eigenvalue weighted by atomic mass is 10.1. The molecule has 0 saturated heterocycles. The van der Waals surface area contributed by atoms with Gasteiger partial charge in [0, 0.05) is 35.6 Å². The number of aromatic carboxylic acids is 1. The van der Waals surface area contributed by atoms with Crippen LogP contribution < -0.4 is 5.32 Å². The molecule has 4 heteroatoms. The number of nitrogens with zero attached hydrogens (tertiary/aromatic N) is 1. The summed E-state index contributed by atoms with van der Waals surface area (Å²) in [6, 6.07) is 28.2. The minimum Gasteiger partial charge on any atom is -0.477 e. The molecule has 3 aromatic carbocycles. The average Bonchev–Trinajstić information content (AvgIpc) is 3.07. The Hall–Kier alpha value is -3.37. The van der Waals surface area contributed by atoms with Crippen molar-refractivity contribution in [1.29, 1.82) is 0 Å². The van der Waals surface area contributed by atoms with Gasteiger partial charge >= 0.3 is 5.97 Å². The SMILES string of the molecule is C[C@H](NCc1c(C(=O)O)n(Cc2ccccc2)c2ccccc12)c1ccccc1. The van der Waals surface area contributed by atoms with Gasteiger partial charge < -0.3 is 15.0 Å². The number of rotatable bonds is 7. The molecule has 0 amide bonds. The smallest absolute Gasteiger partial charge is 0.352 e. The summed E-state index contributed by atoms with van der Waals surface area (Å²) >= 11 is 0. The van der Waals surface area contributed by atoms with Crippen molar-refractivity contribution >= 4 is 16.9 Å². The first kappa shape index (κ1) is 19.0. The van der Waals surface area contributed by atoms with E-state index in [0.717, 1.165) is 22.0 Å². The summed E-state index contributed by atoms with van der Waals surface area (Å²) < 4.78 is 1.91. The minimum atomic E-state index is -0.902. The third-order valence-electron chi connectivity index (χ3n) is 5.35. The molecule has 1 aromatic heterocycles. The maximum Gasteiger partial charge on any atom is 0.352 e. The van der Waals surface area contributed by atoms with Crippen LogP contribution in [-0.2, 0) is 13.1 Å². The van der Waals surface area contributed by atoms with E-state index in [-0.39, 0.29) is 6.04 Å². The summed E-state index contributed by atoms with van der Waals surface area (Å²) in [5, 5.41) is 14.5. The van der Waals surface area contributed by atoms with E-state index in [4.69, 9.17) is 0 Å². The number of carboxylic acids is 1.